The minimum Gasteiger partial charge on any atom is -0.480 e. The Morgan fingerprint density at radius 3 is 2.60 bits per heavy atom. The summed E-state index contributed by atoms with van der Waals surface area (Å²) in [6, 6.07) is -0.423. The predicted octanol–water partition coefficient (Wildman–Crippen LogP) is 1.27. The van der Waals surface area contributed by atoms with Crippen LogP contribution in [0.15, 0.2) is 0 Å². The standard InChI is InChI=1S/C14H27N3O3/c1-10-6-5-7-14(8-10,12(18)19)16-13(20)15-11(2)9-17(3)4/h10-11H,5-9H2,1-4H3,(H,18,19)(H2,15,16,20). The van der Waals surface area contributed by atoms with Gasteiger partial charge in [-0.15, -0.1) is 0 Å². The van der Waals surface area contributed by atoms with Gasteiger partial charge in [-0.25, -0.2) is 9.59 Å². The van der Waals surface area contributed by atoms with E-state index in [0.717, 1.165) is 12.8 Å². The summed E-state index contributed by atoms with van der Waals surface area (Å²) >= 11 is 0. The van der Waals surface area contributed by atoms with Crippen molar-refractivity contribution in [2.75, 3.05) is 20.6 Å². The van der Waals surface area contributed by atoms with Gasteiger partial charge in [-0.05, 0) is 39.8 Å². The zero-order valence-electron chi connectivity index (χ0n) is 12.9. The number of hydrogen-bond donors (Lipinski definition) is 3. The number of carbonyl (C=O) groups excluding carboxylic acids is 1. The van der Waals surface area contributed by atoms with Crippen molar-refractivity contribution in [3.05, 3.63) is 0 Å². The van der Waals surface area contributed by atoms with Crippen LogP contribution in [-0.2, 0) is 4.79 Å². The third kappa shape index (κ3) is 4.67. The molecule has 6 heteroatoms. The molecule has 1 aliphatic carbocycles. The summed E-state index contributed by atoms with van der Waals surface area (Å²) in [7, 11) is 3.86. The highest BCUT2D eigenvalue weighted by molar-refractivity contribution is 5.86. The highest BCUT2D eigenvalue weighted by atomic mass is 16.4. The largest absolute Gasteiger partial charge is 0.480 e. The maximum absolute atomic E-state index is 12.0. The van der Waals surface area contributed by atoms with Gasteiger partial charge >= 0.3 is 12.0 Å². The number of hydrogen-bond acceptors (Lipinski definition) is 3. The number of likely N-dealkylation sites (N-methyl/N-ethyl adjacent to an activating group) is 1. The van der Waals surface area contributed by atoms with E-state index in [1.54, 1.807) is 0 Å². The topological polar surface area (TPSA) is 81.7 Å². The molecule has 2 amide bonds. The minimum atomic E-state index is -1.11. The Bertz CT molecular complexity index is 360. The van der Waals surface area contributed by atoms with Gasteiger partial charge in [0.2, 0.25) is 0 Å². The summed E-state index contributed by atoms with van der Waals surface area (Å²) in [6.45, 7) is 4.64. The van der Waals surface area contributed by atoms with E-state index >= 15 is 0 Å². The molecule has 116 valence electrons. The fourth-order valence-electron chi connectivity index (χ4n) is 2.98. The van der Waals surface area contributed by atoms with Gasteiger partial charge in [0.05, 0.1) is 0 Å². The number of urea groups is 1. The van der Waals surface area contributed by atoms with E-state index < -0.39 is 17.5 Å². The van der Waals surface area contributed by atoms with Crippen molar-refractivity contribution in [3.8, 4) is 0 Å². The first-order chi connectivity index (χ1) is 9.25. The van der Waals surface area contributed by atoms with Gasteiger partial charge < -0.3 is 20.6 Å². The second-order valence-corrected chi connectivity index (χ2v) is 6.35. The number of nitrogens with zero attached hydrogens (tertiary/aromatic N) is 1. The van der Waals surface area contributed by atoms with Gasteiger partial charge in [-0.2, -0.15) is 0 Å². The fraction of sp³-hybridized carbons (Fsp3) is 0.857. The molecule has 1 fully saturated rings. The molecule has 0 aromatic rings. The maximum atomic E-state index is 12.0. The van der Waals surface area contributed by atoms with E-state index in [9.17, 15) is 14.7 Å². The van der Waals surface area contributed by atoms with Crippen molar-refractivity contribution in [1.29, 1.82) is 0 Å². The van der Waals surface area contributed by atoms with Crippen LogP contribution < -0.4 is 10.6 Å². The van der Waals surface area contributed by atoms with Gasteiger partial charge in [0.1, 0.15) is 5.54 Å². The Labute approximate surface area is 120 Å². The zero-order valence-corrected chi connectivity index (χ0v) is 12.9. The monoisotopic (exact) mass is 285 g/mol. The SMILES string of the molecule is CC1CCCC(NC(=O)NC(C)CN(C)C)(C(=O)O)C1. The molecule has 0 heterocycles. The number of rotatable bonds is 5. The molecular formula is C14H27N3O3. The molecule has 6 nitrogen and oxygen atoms in total. The molecule has 0 bridgehead atoms. The lowest BCUT2D eigenvalue weighted by Crippen LogP contribution is -2.60. The van der Waals surface area contributed by atoms with E-state index in [-0.39, 0.29) is 6.04 Å². The minimum absolute atomic E-state index is 0.0307. The van der Waals surface area contributed by atoms with Gasteiger partial charge in [-0.1, -0.05) is 19.8 Å². The molecule has 0 aromatic carbocycles. The first kappa shape index (κ1) is 16.8. The van der Waals surface area contributed by atoms with Crippen LogP contribution in [0.1, 0.15) is 39.5 Å². The maximum Gasteiger partial charge on any atom is 0.329 e. The first-order valence-electron chi connectivity index (χ1n) is 7.22. The second kappa shape index (κ2) is 6.92. The van der Waals surface area contributed by atoms with Crippen molar-refractivity contribution in [3.63, 3.8) is 0 Å². The molecule has 1 aliphatic rings. The van der Waals surface area contributed by atoms with Crippen LogP contribution in [0.25, 0.3) is 0 Å². The fourth-order valence-corrected chi connectivity index (χ4v) is 2.98. The average Bonchev–Trinajstić information content (AvgIpc) is 2.26. The zero-order chi connectivity index (χ0) is 15.3. The van der Waals surface area contributed by atoms with Gasteiger partial charge in [0, 0.05) is 12.6 Å². The lowest BCUT2D eigenvalue weighted by atomic mass is 9.76. The molecule has 3 N–H and O–H groups in total. The number of carbonyl (C=O) groups is 2. The lowest BCUT2D eigenvalue weighted by Gasteiger charge is -2.37. The molecule has 0 aromatic heterocycles. The molecule has 3 unspecified atom stereocenters. The van der Waals surface area contributed by atoms with Crippen LogP contribution in [0.3, 0.4) is 0 Å². The molecular weight excluding hydrogens is 258 g/mol. The number of nitrogens with one attached hydrogen (secondary N) is 2. The van der Waals surface area contributed by atoms with E-state index in [4.69, 9.17) is 0 Å². The summed E-state index contributed by atoms with van der Waals surface area (Å²) < 4.78 is 0. The predicted molar refractivity (Wildman–Crippen MR) is 77.7 cm³/mol. The first-order valence-corrected chi connectivity index (χ1v) is 7.22. The molecule has 3 atom stereocenters. The number of carboxylic acids is 1. The van der Waals surface area contributed by atoms with E-state index in [2.05, 4.69) is 10.6 Å². The van der Waals surface area contributed by atoms with Crippen molar-refractivity contribution < 1.29 is 14.7 Å². The third-order valence-corrected chi connectivity index (χ3v) is 3.78. The van der Waals surface area contributed by atoms with Crippen LogP contribution >= 0.6 is 0 Å². The second-order valence-electron chi connectivity index (χ2n) is 6.35. The van der Waals surface area contributed by atoms with E-state index in [1.807, 2.05) is 32.8 Å². The summed E-state index contributed by atoms with van der Waals surface area (Å²) in [6.07, 6.45) is 2.86. The number of carboxylic acid groups (broad SMARTS) is 1. The molecule has 20 heavy (non-hydrogen) atoms. The van der Waals surface area contributed by atoms with Gasteiger partial charge in [-0.3, -0.25) is 0 Å². The van der Waals surface area contributed by atoms with Crippen molar-refractivity contribution in [1.82, 2.24) is 15.5 Å². The Balaban J connectivity index is 2.62. The average molecular weight is 285 g/mol. The van der Waals surface area contributed by atoms with Crippen molar-refractivity contribution >= 4 is 12.0 Å². The summed E-state index contributed by atoms with van der Waals surface area (Å²) in [5.41, 5.74) is -1.11. The van der Waals surface area contributed by atoms with E-state index in [0.29, 0.717) is 25.3 Å². The molecule has 0 aliphatic heterocycles. The number of aliphatic carboxylic acids is 1. The lowest BCUT2D eigenvalue weighted by molar-refractivity contribution is -0.146. The Kier molecular flexibility index (Phi) is 5.80. The van der Waals surface area contributed by atoms with Crippen LogP contribution in [0, 0.1) is 5.92 Å². The Morgan fingerprint density at radius 1 is 1.45 bits per heavy atom. The van der Waals surface area contributed by atoms with Crippen LogP contribution in [0.4, 0.5) is 4.79 Å². The summed E-state index contributed by atoms with van der Waals surface area (Å²) in [5.74, 6) is -0.612. The van der Waals surface area contributed by atoms with E-state index in [1.165, 1.54) is 0 Å². The van der Waals surface area contributed by atoms with Crippen LogP contribution in [0.5, 0.6) is 0 Å². The normalized spacial score (nSPS) is 27.9. The molecule has 0 radical (unpaired) electrons. The summed E-state index contributed by atoms with van der Waals surface area (Å²) in [4.78, 5) is 25.6. The van der Waals surface area contributed by atoms with Gasteiger partial charge in [0.15, 0.2) is 0 Å². The molecule has 0 saturated heterocycles. The molecule has 0 spiro atoms. The third-order valence-electron chi connectivity index (χ3n) is 3.78. The molecule has 1 saturated carbocycles. The highest BCUT2D eigenvalue weighted by Crippen LogP contribution is 2.32. The highest BCUT2D eigenvalue weighted by Gasteiger charge is 2.43. The van der Waals surface area contributed by atoms with Crippen molar-refractivity contribution in [2.45, 2.75) is 51.1 Å². The Morgan fingerprint density at radius 2 is 2.10 bits per heavy atom. The summed E-state index contributed by atoms with van der Waals surface area (Å²) in [5, 5.41) is 15.0. The smallest absolute Gasteiger partial charge is 0.329 e. The molecule has 1 rings (SSSR count). The van der Waals surface area contributed by atoms with Gasteiger partial charge in [0.25, 0.3) is 0 Å². The van der Waals surface area contributed by atoms with Crippen LogP contribution in [-0.4, -0.2) is 54.2 Å². The van der Waals surface area contributed by atoms with Crippen molar-refractivity contribution in [2.24, 2.45) is 5.92 Å². The number of amides is 2. The quantitative estimate of drug-likeness (QED) is 0.710. The van der Waals surface area contributed by atoms with Crippen LogP contribution in [0.2, 0.25) is 0 Å². The Hall–Kier alpha value is -1.30.